The standard InChI is InChI=1S/C12H15ClN2/c1-4-7-15(3)10-5-6-11(9(2)14)12(13)8-10/h1,5-6,8-9H,7,14H2,2-3H3. The van der Waals surface area contributed by atoms with Gasteiger partial charge in [-0.25, -0.2) is 0 Å². The first-order valence-electron chi connectivity index (χ1n) is 4.76. The van der Waals surface area contributed by atoms with Crippen LogP contribution in [0.4, 0.5) is 5.69 Å². The van der Waals surface area contributed by atoms with E-state index in [4.69, 9.17) is 23.8 Å². The summed E-state index contributed by atoms with van der Waals surface area (Å²) in [6.45, 7) is 2.47. The smallest absolute Gasteiger partial charge is 0.0788 e. The predicted molar refractivity (Wildman–Crippen MR) is 66.2 cm³/mol. The van der Waals surface area contributed by atoms with Gasteiger partial charge in [0.25, 0.3) is 0 Å². The normalized spacial score (nSPS) is 11.9. The second-order valence-corrected chi connectivity index (χ2v) is 3.96. The molecule has 0 saturated heterocycles. The van der Waals surface area contributed by atoms with E-state index in [-0.39, 0.29) is 6.04 Å². The van der Waals surface area contributed by atoms with Gasteiger partial charge in [0.05, 0.1) is 6.54 Å². The average molecular weight is 223 g/mol. The van der Waals surface area contributed by atoms with E-state index < -0.39 is 0 Å². The summed E-state index contributed by atoms with van der Waals surface area (Å²) in [5.74, 6) is 2.58. The summed E-state index contributed by atoms with van der Waals surface area (Å²) in [4.78, 5) is 1.96. The molecular weight excluding hydrogens is 208 g/mol. The molecule has 2 nitrogen and oxygen atoms in total. The lowest BCUT2D eigenvalue weighted by atomic mass is 10.1. The fourth-order valence-electron chi connectivity index (χ4n) is 1.35. The Kier molecular flexibility index (Phi) is 4.02. The van der Waals surface area contributed by atoms with E-state index in [1.54, 1.807) is 0 Å². The van der Waals surface area contributed by atoms with Crippen LogP contribution in [0.15, 0.2) is 18.2 Å². The summed E-state index contributed by atoms with van der Waals surface area (Å²) in [6, 6.07) is 5.75. The van der Waals surface area contributed by atoms with Crippen molar-refractivity contribution in [3.05, 3.63) is 28.8 Å². The minimum absolute atomic E-state index is 0.0514. The topological polar surface area (TPSA) is 29.3 Å². The Morgan fingerprint density at radius 3 is 2.73 bits per heavy atom. The Morgan fingerprint density at radius 1 is 1.60 bits per heavy atom. The fraction of sp³-hybridized carbons (Fsp3) is 0.333. The molecule has 0 aliphatic heterocycles. The van der Waals surface area contributed by atoms with Crippen LogP contribution in [0, 0.1) is 12.3 Å². The van der Waals surface area contributed by atoms with E-state index in [0.29, 0.717) is 11.6 Å². The highest BCUT2D eigenvalue weighted by Gasteiger charge is 2.07. The molecule has 0 aliphatic carbocycles. The number of halogens is 1. The van der Waals surface area contributed by atoms with Crippen LogP contribution < -0.4 is 10.6 Å². The van der Waals surface area contributed by atoms with Crippen LogP contribution in [-0.4, -0.2) is 13.6 Å². The second kappa shape index (κ2) is 5.06. The molecule has 1 rings (SSSR count). The van der Waals surface area contributed by atoms with Gasteiger partial charge in [0.2, 0.25) is 0 Å². The summed E-state index contributed by atoms with van der Waals surface area (Å²) >= 11 is 6.11. The van der Waals surface area contributed by atoms with E-state index >= 15 is 0 Å². The van der Waals surface area contributed by atoms with Crippen LogP contribution in [0.3, 0.4) is 0 Å². The monoisotopic (exact) mass is 222 g/mol. The van der Waals surface area contributed by atoms with Crippen molar-refractivity contribution in [2.75, 3.05) is 18.5 Å². The molecule has 1 aromatic rings. The van der Waals surface area contributed by atoms with Crippen LogP contribution in [-0.2, 0) is 0 Å². The number of nitrogens with two attached hydrogens (primary N) is 1. The van der Waals surface area contributed by atoms with Gasteiger partial charge in [-0.05, 0) is 24.6 Å². The van der Waals surface area contributed by atoms with Crippen LogP contribution in [0.2, 0.25) is 5.02 Å². The van der Waals surface area contributed by atoms with Gasteiger partial charge in [-0.15, -0.1) is 6.42 Å². The molecule has 0 saturated carbocycles. The number of nitrogens with zero attached hydrogens (tertiary/aromatic N) is 1. The van der Waals surface area contributed by atoms with Crippen LogP contribution in [0.1, 0.15) is 18.5 Å². The zero-order valence-corrected chi connectivity index (χ0v) is 9.75. The van der Waals surface area contributed by atoms with Crippen molar-refractivity contribution in [2.45, 2.75) is 13.0 Å². The Balaban J connectivity index is 2.97. The molecule has 2 N–H and O–H groups in total. The molecule has 3 heteroatoms. The molecule has 0 heterocycles. The maximum Gasteiger partial charge on any atom is 0.0788 e. The summed E-state index contributed by atoms with van der Waals surface area (Å²) in [5.41, 5.74) is 7.72. The first-order valence-corrected chi connectivity index (χ1v) is 5.13. The molecule has 1 aromatic carbocycles. The summed E-state index contributed by atoms with van der Waals surface area (Å²) in [7, 11) is 1.93. The number of anilines is 1. The number of hydrogen-bond acceptors (Lipinski definition) is 2. The quantitative estimate of drug-likeness (QED) is 0.796. The van der Waals surface area contributed by atoms with Crippen molar-refractivity contribution < 1.29 is 0 Å². The molecule has 1 unspecified atom stereocenters. The molecule has 15 heavy (non-hydrogen) atoms. The molecule has 0 amide bonds. The average Bonchev–Trinajstić information content (AvgIpc) is 2.17. The van der Waals surface area contributed by atoms with Crippen molar-refractivity contribution in [3.63, 3.8) is 0 Å². The molecule has 0 spiro atoms. The minimum atomic E-state index is -0.0514. The first kappa shape index (κ1) is 11.9. The number of hydrogen-bond donors (Lipinski definition) is 1. The van der Waals surface area contributed by atoms with Crippen molar-refractivity contribution in [3.8, 4) is 12.3 Å². The molecule has 0 bridgehead atoms. The van der Waals surface area contributed by atoms with Crippen molar-refractivity contribution in [2.24, 2.45) is 5.73 Å². The third kappa shape index (κ3) is 2.89. The molecule has 0 fully saturated rings. The molecular formula is C12H15ClN2. The highest BCUT2D eigenvalue weighted by molar-refractivity contribution is 6.31. The van der Waals surface area contributed by atoms with E-state index in [1.165, 1.54) is 0 Å². The van der Waals surface area contributed by atoms with Crippen LogP contribution in [0.25, 0.3) is 0 Å². The second-order valence-electron chi connectivity index (χ2n) is 3.55. The van der Waals surface area contributed by atoms with E-state index in [9.17, 15) is 0 Å². The van der Waals surface area contributed by atoms with Gasteiger partial charge in [-0.3, -0.25) is 0 Å². The SMILES string of the molecule is C#CCN(C)c1ccc(C(C)N)c(Cl)c1. The third-order valence-corrected chi connectivity index (χ3v) is 2.57. The molecule has 1 atom stereocenters. The Bertz CT molecular complexity index is 380. The molecule has 0 aliphatic rings. The lowest BCUT2D eigenvalue weighted by molar-refractivity contribution is 0.818. The summed E-state index contributed by atoms with van der Waals surface area (Å²) in [6.07, 6.45) is 5.24. The zero-order chi connectivity index (χ0) is 11.4. The van der Waals surface area contributed by atoms with Crippen molar-refractivity contribution in [1.82, 2.24) is 0 Å². The molecule has 0 aromatic heterocycles. The highest BCUT2D eigenvalue weighted by atomic mass is 35.5. The van der Waals surface area contributed by atoms with Gasteiger partial charge in [0.1, 0.15) is 0 Å². The largest absolute Gasteiger partial charge is 0.363 e. The lowest BCUT2D eigenvalue weighted by Crippen LogP contribution is -2.17. The Labute approximate surface area is 96.0 Å². The Morgan fingerprint density at radius 2 is 2.27 bits per heavy atom. The summed E-state index contributed by atoms with van der Waals surface area (Å²) in [5, 5.41) is 0.686. The number of terminal acetylenes is 1. The Hall–Kier alpha value is -1.17. The van der Waals surface area contributed by atoms with Gasteiger partial charge in [-0.2, -0.15) is 0 Å². The molecule has 0 radical (unpaired) electrons. The third-order valence-electron chi connectivity index (χ3n) is 2.24. The van der Waals surface area contributed by atoms with Gasteiger partial charge in [0, 0.05) is 23.8 Å². The van der Waals surface area contributed by atoms with E-state index in [0.717, 1.165) is 11.3 Å². The van der Waals surface area contributed by atoms with Crippen LogP contribution >= 0.6 is 11.6 Å². The maximum atomic E-state index is 6.11. The maximum absolute atomic E-state index is 6.11. The lowest BCUT2D eigenvalue weighted by Gasteiger charge is -2.18. The van der Waals surface area contributed by atoms with E-state index in [1.807, 2.05) is 37.1 Å². The van der Waals surface area contributed by atoms with Gasteiger partial charge in [-0.1, -0.05) is 23.6 Å². The fourth-order valence-corrected chi connectivity index (χ4v) is 1.70. The number of benzene rings is 1. The molecule has 80 valence electrons. The predicted octanol–water partition coefficient (Wildman–Crippen LogP) is 2.43. The van der Waals surface area contributed by atoms with Gasteiger partial charge >= 0.3 is 0 Å². The minimum Gasteiger partial charge on any atom is -0.363 e. The summed E-state index contributed by atoms with van der Waals surface area (Å²) < 4.78 is 0. The highest BCUT2D eigenvalue weighted by Crippen LogP contribution is 2.26. The van der Waals surface area contributed by atoms with Crippen LogP contribution in [0.5, 0.6) is 0 Å². The van der Waals surface area contributed by atoms with Crippen molar-refractivity contribution >= 4 is 17.3 Å². The van der Waals surface area contributed by atoms with E-state index in [2.05, 4.69) is 5.92 Å². The van der Waals surface area contributed by atoms with Gasteiger partial charge < -0.3 is 10.6 Å². The van der Waals surface area contributed by atoms with Crippen molar-refractivity contribution in [1.29, 1.82) is 0 Å². The number of rotatable bonds is 3. The van der Waals surface area contributed by atoms with Gasteiger partial charge in [0.15, 0.2) is 0 Å². The first-order chi connectivity index (χ1) is 7.06. The zero-order valence-electron chi connectivity index (χ0n) is 9.00.